The van der Waals surface area contributed by atoms with E-state index >= 15 is 0 Å². The summed E-state index contributed by atoms with van der Waals surface area (Å²) in [6.45, 7) is 4.76. The first-order valence-corrected chi connectivity index (χ1v) is 5.04. The van der Waals surface area contributed by atoms with Crippen LogP contribution in [0.2, 0.25) is 0 Å². The van der Waals surface area contributed by atoms with Gasteiger partial charge in [0, 0.05) is 13.5 Å². The summed E-state index contributed by atoms with van der Waals surface area (Å²) in [6, 6.07) is 8.72. The summed E-state index contributed by atoms with van der Waals surface area (Å²) >= 11 is 0. The van der Waals surface area contributed by atoms with Crippen molar-refractivity contribution in [2.45, 2.75) is 20.3 Å². The van der Waals surface area contributed by atoms with Crippen LogP contribution in [0.1, 0.15) is 18.9 Å². The molecule has 0 spiro atoms. The van der Waals surface area contributed by atoms with Crippen molar-refractivity contribution < 1.29 is 9.53 Å². The summed E-state index contributed by atoms with van der Waals surface area (Å²) in [6.07, 6.45) is 0.817. The van der Waals surface area contributed by atoms with Crippen molar-refractivity contribution in [2.24, 2.45) is 0 Å². The zero-order valence-electron chi connectivity index (χ0n) is 9.17. The molecule has 0 aliphatic rings. The minimum atomic E-state index is 0.000144. The summed E-state index contributed by atoms with van der Waals surface area (Å²) in [7, 11) is 0. The molecular weight excluding hydrogens is 190 g/mol. The van der Waals surface area contributed by atoms with E-state index in [1.54, 1.807) is 0 Å². The van der Waals surface area contributed by atoms with Gasteiger partial charge in [-0.05, 0) is 37.1 Å². The Morgan fingerprint density at radius 2 is 2.40 bits per heavy atom. The second-order valence-electron chi connectivity index (χ2n) is 3.39. The van der Waals surface area contributed by atoms with Gasteiger partial charge in [0.15, 0.2) is 0 Å². The summed E-state index contributed by atoms with van der Waals surface area (Å²) < 4.78 is 5.50. The van der Waals surface area contributed by atoms with Gasteiger partial charge in [-0.1, -0.05) is 6.07 Å². The number of carbonyl (C=O) groups is 1. The molecule has 0 aliphatic carbocycles. The Kier molecular flexibility index (Phi) is 4.68. The molecule has 81 valence electrons. The number of ether oxygens (including phenoxy) is 1. The molecule has 1 rings (SSSR count). The van der Waals surface area contributed by atoms with E-state index in [1.165, 1.54) is 6.92 Å². The molecule has 1 N–H and O–H groups in total. The van der Waals surface area contributed by atoms with E-state index in [9.17, 15) is 4.79 Å². The molecule has 1 radical (unpaired) electrons. The Bertz CT molecular complexity index is 323. The van der Waals surface area contributed by atoms with E-state index in [-0.39, 0.29) is 5.91 Å². The molecule has 0 unspecified atom stereocenters. The SMILES string of the molecule is CC(=O)NCCCOc1cc[c]c(C)c1. The Labute approximate surface area is 90.4 Å². The molecule has 3 nitrogen and oxygen atoms in total. The zero-order chi connectivity index (χ0) is 11.1. The van der Waals surface area contributed by atoms with Crippen LogP contribution in [-0.4, -0.2) is 19.1 Å². The van der Waals surface area contributed by atoms with E-state index in [4.69, 9.17) is 4.74 Å². The second-order valence-corrected chi connectivity index (χ2v) is 3.39. The fourth-order valence-corrected chi connectivity index (χ4v) is 1.17. The number of benzene rings is 1. The van der Waals surface area contributed by atoms with Crippen molar-refractivity contribution in [3.63, 3.8) is 0 Å². The average Bonchev–Trinajstić information content (AvgIpc) is 2.17. The van der Waals surface area contributed by atoms with Crippen LogP contribution in [0, 0.1) is 13.0 Å². The lowest BCUT2D eigenvalue weighted by atomic mass is 10.2. The number of hydrogen-bond acceptors (Lipinski definition) is 2. The smallest absolute Gasteiger partial charge is 0.216 e. The molecule has 0 atom stereocenters. The lowest BCUT2D eigenvalue weighted by Gasteiger charge is -2.06. The van der Waals surface area contributed by atoms with Gasteiger partial charge in [-0.15, -0.1) is 0 Å². The van der Waals surface area contributed by atoms with Gasteiger partial charge < -0.3 is 10.1 Å². The third-order valence-electron chi connectivity index (χ3n) is 1.88. The van der Waals surface area contributed by atoms with Crippen molar-refractivity contribution in [1.29, 1.82) is 0 Å². The van der Waals surface area contributed by atoms with Crippen LogP contribution in [0.5, 0.6) is 5.75 Å². The van der Waals surface area contributed by atoms with Gasteiger partial charge in [0.05, 0.1) is 6.61 Å². The van der Waals surface area contributed by atoms with E-state index in [0.717, 1.165) is 17.7 Å². The van der Waals surface area contributed by atoms with Crippen molar-refractivity contribution in [1.82, 2.24) is 5.32 Å². The Balaban J connectivity index is 2.17. The number of carbonyl (C=O) groups excluding carboxylic acids is 1. The van der Waals surface area contributed by atoms with Crippen LogP contribution in [0.3, 0.4) is 0 Å². The zero-order valence-corrected chi connectivity index (χ0v) is 9.17. The monoisotopic (exact) mass is 206 g/mol. The molecule has 1 aromatic rings. The van der Waals surface area contributed by atoms with E-state index in [1.807, 2.05) is 25.1 Å². The Morgan fingerprint density at radius 3 is 3.07 bits per heavy atom. The van der Waals surface area contributed by atoms with Crippen molar-refractivity contribution in [3.8, 4) is 5.75 Å². The van der Waals surface area contributed by atoms with Gasteiger partial charge in [0.1, 0.15) is 5.75 Å². The predicted molar refractivity (Wildman–Crippen MR) is 58.8 cm³/mol. The fraction of sp³-hybridized carbons (Fsp3) is 0.417. The number of nitrogens with one attached hydrogen (secondary N) is 1. The maximum atomic E-state index is 10.6. The third-order valence-corrected chi connectivity index (χ3v) is 1.88. The third kappa shape index (κ3) is 5.05. The molecule has 0 bridgehead atoms. The Morgan fingerprint density at radius 1 is 1.60 bits per heavy atom. The van der Waals surface area contributed by atoms with Crippen LogP contribution in [0.4, 0.5) is 0 Å². The lowest BCUT2D eigenvalue weighted by Crippen LogP contribution is -2.22. The predicted octanol–water partition coefficient (Wildman–Crippen LogP) is 1.70. The minimum Gasteiger partial charge on any atom is -0.494 e. The maximum absolute atomic E-state index is 10.6. The molecule has 1 amide bonds. The van der Waals surface area contributed by atoms with Gasteiger partial charge in [-0.3, -0.25) is 4.79 Å². The van der Waals surface area contributed by atoms with E-state index in [0.29, 0.717) is 13.2 Å². The van der Waals surface area contributed by atoms with Crippen LogP contribution < -0.4 is 10.1 Å². The van der Waals surface area contributed by atoms with Crippen LogP contribution >= 0.6 is 0 Å². The van der Waals surface area contributed by atoms with Crippen molar-refractivity contribution >= 4 is 5.91 Å². The first kappa shape index (κ1) is 11.6. The highest BCUT2D eigenvalue weighted by Gasteiger charge is 1.94. The lowest BCUT2D eigenvalue weighted by molar-refractivity contribution is -0.118. The van der Waals surface area contributed by atoms with Crippen LogP contribution in [0.25, 0.3) is 0 Å². The van der Waals surface area contributed by atoms with Crippen molar-refractivity contribution in [2.75, 3.05) is 13.2 Å². The molecule has 0 heterocycles. The highest BCUT2D eigenvalue weighted by atomic mass is 16.5. The second kappa shape index (κ2) is 6.06. The van der Waals surface area contributed by atoms with Crippen LogP contribution in [0.15, 0.2) is 18.2 Å². The largest absolute Gasteiger partial charge is 0.494 e. The molecular formula is C12H16NO2. The van der Waals surface area contributed by atoms with E-state index < -0.39 is 0 Å². The molecule has 3 heteroatoms. The highest BCUT2D eigenvalue weighted by Crippen LogP contribution is 2.11. The highest BCUT2D eigenvalue weighted by molar-refractivity contribution is 5.72. The molecule has 15 heavy (non-hydrogen) atoms. The number of aryl methyl sites for hydroxylation is 1. The van der Waals surface area contributed by atoms with Gasteiger partial charge in [-0.2, -0.15) is 0 Å². The van der Waals surface area contributed by atoms with Gasteiger partial charge >= 0.3 is 0 Å². The Hall–Kier alpha value is -1.51. The number of rotatable bonds is 5. The number of hydrogen-bond donors (Lipinski definition) is 1. The normalized spacial score (nSPS) is 9.73. The summed E-state index contributed by atoms with van der Waals surface area (Å²) in [5.74, 6) is 0.856. The standard InChI is InChI=1S/C12H16NO2/c1-10-5-3-6-12(9-10)15-8-4-7-13-11(2)14/h3,6,9H,4,7-8H2,1-2H3,(H,13,14). The molecule has 0 aromatic heterocycles. The molecule has 0 fully saturated rings. The van der Waals surface area contributed by atoms with Crippen molar-refractivity contribution in [3.05, 3.63) is 29.8 Å². The average molecular weight is 206 g/mol. The molecule has 1 aromatic carbocycles. The molecule has 0 saturated heterocycles. The van der Waals surface area contributed by atoms with Crippen LogP contribution in [-0.2, 0) is 4.79 Å². The van der Waals surface area contributed by atoms with E-state index in [2.05, 4.69) is 11.4 Å². The van der Waals surface area contributed by atoms with Gasteiger partial charge in [-0.25, -0.2) is 0 Å². The topological polar surface area (TPSA) is 38.3 Å². The minimum absolute atomic E-state index is 0.000144. The first-order chi connectivity index (χ1) is 7.18. The summed E-state index contributed by atoms with van der Waals surface area (Å²) in [5.41, 5.74) is 1.06. The maximum Gasteiger partial charge on any atom is 0.216 e. The fourth-order valence-electron chi connectivity index (χ4n) is 1.17. The summed E-state index contributed by atoms with van der Waals surface area (Å²) in [5, 5.41) is 2.72. The summed E-state index contributed by atoms with van der Waals surface area (Å²) in [4.78, 5) is 10.6. The quantitative estimate of drug-likeness (QED) is 0.745. The molecule has 0 aliphatic heterocycles. The van der Waals surface area contributed by atoms with Gasteiger partial charge in [0.25, 0.3) is 0 Å². The first-order valence-electron chi connectivity index (χ1n) is 5.04. The molecule has 0 saturated carbocycles. The number of amides is 1. The van der Waals surface area contributed by atoms with Gasteiger partial charge in [0.2, 0.25) is 5.91 Å².